The maximum absolute atomic E-state index is 2.71. The highest BCUT2D eigenvalue weighted by Crippen LogP contribution is 2.66. The average molecular weight is 1540 g/mol. The molecule has 5 heterocycles. The minimum Gasteiger partial charge on any atom is -0.311 e. The van der Waals surface area contributed by atoms with E-state index in [2.05, 4.69) is 448 Å². The van der Waals surface area contributed by atoms with Gasteiger partial charge in [-0.15, -0.1) is 0 Å². The third-order valence-corrected chi connectivity index (χ3v) is 28.4. The zero-order valence-electron chi connectivity index (χ0n) is 66.2. The van der Waals surface area contributed by atoms with Gasteiger partial charge >= 0.3 is 0 Å². The molecule has 0 radical (unpaired) electrons. The summed E-state index contributed by atoms with van der Waals surface area (Å²) < 4.78 is 7.59. The molecule has 2 aliphatic heterocycles. The van der Waals surface area contributed by atoms with E-state index in [4.69, 9.17) is 0 Å². The molecular weight excluding hydrogens is 1470 g/mol. The summed E-state index contributed by atoms with van der Waals surface area (Å²) in [5.74, 6) is 0. The van der Waals surface area contributed by atoms with Crippen molar-refractivity contribution in [2.45, 2.75) is 10.8 Å². The Morgan fingerprint density at radius 3 is 0.803 bits per heavy atom. The Morgan fingerprint density at radius 1 is 0.172 bits per heavy atom. The second-order valence-electron chi connectivity index (χ2n) is 33.9. The van der Waals surface area contributed by atoms with Crippen LogP contribution in [0, 0.1) is 0 Å². The van der Waals surface area contributed by atoms with Gasteiger partial charge in [0.05, 0.1) is 61.0 Å². The highest BCUT2D eigenvalue weighted by atomic mass is 15.2. The number of nitrogens with zero attached hydrogens (tertiary/aromatic N) is 5. The molecule has 28 rings (SSSR count). The number of hydrogen-bond donors (Lipinski definition) is 0. The Labute approximate surface area is 705 Å². The first-order valence-corrected chi connectivity index (χ1v) is 42.7. The van der Waals surface area contributed by atoms with Gasteiger partial charge in [-0.2, -0.15) is 0 Å². The molecule has 0 amide bonds. The second kappa shape index (κ2) is 24.5. The molecule has 5 nitrogen and oxygen atoms in total. The lowest BCUT2D eigenvalue weighted by atomic mass is 9.33. The van der Waals surface area contributed by atoms with Crippen molar-refractivity contribution in [1.29, 1.82) is 0 Å². The SMILES string of the molecule is c1ccc(-n2c3ccccc3c3cc4c(cc32)N(c2ccccc2-c2ccc3c(c2)C2(c5ccccc5-c5ccccc52)c2ccccc2-3)c2cc(-n3c5ccccc5c5ccccc53)cc3c2B4c2cc4c5ccccc5n(-c5ccccc5)c4cc2N3c2ccccc2-c2ccc3c(c2)C2(c4ccccc4-c4ccccc42)c2ccccc2-3)cc1. The van der Waals surface area contributed by atoms with Gasteiger partial charge in [0.2, 0.25) is 0 Å². The quantitative estimate of drug-likeness (QED) is 0.148. The summed E-state index contributed by atoms with van der Waals surface area (Å²) in [6.07, 6.45) is 0. The summed E-state index contributed by atoms with van der Waals surface area (Å²) in [6, 6.07) is 163. The minimum atomic E-state index is -0.563. The number of rotatable bonds is 7. The van der Waals surface area contributed by atoms with Crippen LogP contribution in [0.1, 0.15) is 44.5 Å². The van der Waals surface area contributed by atoms with Crippen molar-refractivity contribution >= 4 is 123 Å². The lowest BCUT2D eigenvalue weighted by Gasteiger charge is -2.45. The zero-order chi connectivity index (χ0) is 79.4. The number of aromatic nitrogens is 3. The predicted molar refractivity (Wildman–Crippen MR) is 507 cm³/mol. The Bertz CT molecular complexity index is 7780. The van der Waals surface area contributed by atoms with Crippen LogP contribution in [-0.4, -0.2) is 20.4 Å². The van der Waals surface area contributed by atoms with Gasteiger partial charge in [0.1, 0.15) is 0 Å². The van der Waals surface area contributed by atoms with Gasteiger partial charge < -0.3 is 23.5 Å². The fourth-order valence-electron chi connectivity index (χ4n) is 23.8. The molecule has 0 N–H and O–H groups in total. The minimum absolute atomic E-state index is 0.322. The molecule has 19 aromatic carbocycles. The van der Waals surface area contributed by atoms with E-state index in [1.165, 1.54) is 138 Å². The van der Waals surface area contributed by atoms with Crippen LogP contribution < -0.4 is 26.2 Å². The van der Waals surface area contributed by atoms with E-state index in [-0.39, 0.29) is 6.71 Å². The number of anilines is 6. The van der Waals surface area contributed by atoms with E-state index in [0.29, 0.717) is 0 Å². The largest absolute Gasteiger partial charge is 0.311 e. The number of benzene rings is 19. The normalized spacial score (nSPS) is 14.0. The van der Waals surface area contributed by atoms with Crippen molar-refractivity contribution < 1.29 is 0 Å². The Morgan fingerprint density at radius 2 is 0.451 bits per heavy atom. The first-order chi connectivity index (χ1) is 60.6. The lowest BCUT2D eigenvalue weighted by molar-refractivity contribution is 0.794. The van der Waals surface area contributed by atoms with Gasteiger partial charge in [0.15, 0.2) is 0 Å². The molecule has 0 fully saturated rings. The number of hydrogen-bond acceptors (Lipinski definition) is 2. The van der Waals surface area contributed by atoms with Crippen LogP contribution in [0.15, 0.2) is 425 Å². The molecule has 0 unspecified atom stereocenters. The fourth-order valence-corrected chi connectivity index (χ4v) is 23.8. The van der Waals surface area contributed by atoms with Gasteiger partial charge in [-0.05, 0) is 214 Å². The van der Waals surface area contributed by atoms with E-state index in [9.17, 15) is 0 Å². The van der Waals surface area contributed by atoms with Crippen LogP contribution in [0.3, 0.4) is 0 Å². The summed E-state index contributed by atoms with van der Waals surface area (Å²) >= 11 is 0. The Balaban J connectivity index is 0.774. The summed E-state index contributed by atoms with van der Waals surface area (Å²) in [4.78, 5) is 5.43. The van der Waals surface area contributed by atoms with E-state index in [0.717, 1.165) is 107 Å². The highest BCUT2D eigenvalue weighted by molar-refractivity contribution is 7.00. The van der Waals surface area contributed by atoms with E-state index < -0.39 is 10.8 Å². The van der Waals surface area contributed by atoms with Crippen LogP contribution in [-0.2, 0) is 10.8 Å². The molecule has 0 saturated heterocycles. The van der Waals surface area contributed by atoms with Crippen LogP contribution in [0.4, 0.5) is 34.1 Å². The highest BCUT2D eigenvalue weighted by Gasteiger charge is 2.54. The zero-order valence-corrected chi connectivity index (χ0v) is 66.2. The molecular formula is C116H70BN5. The van der Waals surface area contributed by atoms with Crippen molar-refractivity contribution in [1.82, 2.24) is 13.7 Å². The molecule has 4 aliphatic carbocycles. The molecule has 3 aromatic heterocycles. The summed E-state index contributed by atoms with van der Waals surface area (Å²) in [7, 11) is 0. The summed E-state index contributed by atoms with van der Waals surface area (Å²) in [6.45, 7) is -0.322. The first-order valence-electron chi connectivity index (χ1n) is 42.7. The Kier molecular flexibility index (Phi) is 13.3. The van der Waals surface area contributed by atoms with Crippen molar-refractivity contribution in [3.05, 3.63) is 469 Å². The van der Waals surface area contributed by atoms with Gasteiger partial charge in [0, 0.05) is 77.6 Å². The number of fused-ring (bicyclic) bond motifs is 33. The van der Waals surface area contributed by atoms with Crippen LogP contribution in [0.5, 0.6) is 0 Å². The van der Waals surface area contributed by atoms with Crippen molar-refractivity contribution in [2.75, 3.05) is 9.80 Å². The third kappa shape index (κ3) is 8.47. The van der Waals surface area contributed by atoms with Gasteiger partial charge in [0.25, 0.3) is 6.71 Å². The number of para-hydroxylation sites is 8. The van der Waals surface area contributed by atoms with Crippen molar-refractivity contribution in [3.8, 4) is 83.8 Å². The molecule has 562 valence electrons. The smallest absolute Gasteiger partial charge is 0.252 e. The molecule has 6 aliphatic rings. The molecule has 0 atom stereocenters. The summed E-state index contributed by atoms with van der Waals surface area (Å²) in [5, 5.41) is 7.20. The van der Waals surface area contributed by atoms with Crippen molar-refractivity contribution in [2.24, 2.45) is 0 Å². The van der Waals surface area contributed by atoms with Crippen LogP contribution >= 0.6 is 0 Å². The van der Waals surface area contributed by atoms with E-state index in [1.54, 1.807) is 0 Å². The molecule has 2 spiro atoms. The predicted octanol–water partition coefficient (Wildman–Crippen LogP) is 27.1. The second-order valence-corrected chi connectivity index (χ2v) is 33.9. The van der Waals surface area contributed by atoms with Crippen molar-refractivity contribution in [3.63, 3.8) is 0 Å². The molecule has 0 bridgehead atoms. The first kappa shape index (κ1) is 66.3. The summed E-state index contributed by atoms with van der Waals surface area (Å²) in [5.41, 5.74) is 44.6. The van der Waals surface area contributed by atoms with E-state index in [1.807, 2.05) is 0 Å². The molecule has 22 aromatic rings. The van der Waals surface area contributed by atoms with Gasteiger partial charge in [-0.1, -0.05) is 328 Å². The van der Waals surface area contributed by atoms with Gasteiger partial charge in [-0.25, -0.2) is 0 Å². The monoisotopic (exact) mass is 1540 g/mol. The third-order valence-electron chi connectivity index (χ3n) is 28.4. The average Bonchev–Trinajstić information content (AvgIpc) is 1.42. The van der Waals surface area contributed by atoms with Crippen LogP contribution in [0.25, 0.3) is 149 Å². The van der Waals surface area contributed by atoms with Gasteiger partial charge in [-0.3, -0.25) is 0 Å². The maximum Gasteiger partial charge on any atom is 0.252 e. The maximum atomic E-state index is 2.71. The standard InChI is InChI=1S/C116H70BN5/c1-3-31-73(32-4-1)118-106-57-29-17-45-88(106)90-67-100-110(69-108(90)118)121(102-53-25-13-35-76(102)71-59-61-84-82-41-11-23-51-96(82)115(98(84)63-71)92-47-19-7-37-78(92)79-38-8-20-48-93(79)115)112-65-75(120-104-55-27-15-43-86(104)87-44-16-28-56-105(87)120)66-113-114(112)117(100)101-68-91-89-46-18-30-58-107(89)119(74-33-5-2-6-34-74)109(91)70-111(101)122(113)103-54-26-14-36-77(103)72-60-62-85-83-42-12-24-52-97(83)116(99(85)64-72)94-49-21-9-39-80(94)81-40-10-22-50-95(81)116/h1-70H. The molecule has 122 heavy (non-hydrogen) atoms. The molecule has 6 heteroatoms. The van der Waals surface area contributed by atoms with E-state index >= 15 is 0 Å². The Hall–Kier alpha value is -15.8. The van der Waals surface area contributed by atoms with Crippen LogP contribution in [0.2, 0.25) is 0 Å². The molecule has 0 saturated carbocycles. The topological polar surface area (TPSA) is 21.3 Å². The fraction of sp³-hybridized carbons (Fsp3) is 0.0172. The lowest BCUT2D eigenvalue weighted by Crippen LogP contribution is -2.61.